The topological polar surface area (TPSA) is 73.6 Å². The molecule has 0 radical (unpaired) electrons. The second-order valence-corrected chi connectivity index (χ2v) is 9.83. The van der Waals surface area contributed by atoms with Gasteiger partial charge in [0.25, 0.3) is 0 Å². The van der Waals surface area contributed by atoms with E-state index in [2.05, 4.69) is 58.7 Å². The first-order chi connectivity index (χ1) is 16.7. The molecule has 1 fully saturated rings. The van der Waals surface area contributed by atoms with Crippen molar-refractivity contribution in [3.05, 3.63) is 82.4 Å². The quantitative estimate of drug-likeness (QED) is 0.452. The summed E-state index contributed by atoms with van der Waals surface area (Å²) in [5.74, 6) is -0.929. The zero-order valence-corrected chi connectivity index (χ0v) is 21.8. The van der Waals surface area contributed by atoms with Gasteiger partial charge in [0, 0.05) is 29.8 Å². The molecule has 184 valence electrons. The first-order valence-corrected chi connectivity index (χ1v) is 12.3. The molecule has 1 saturated heterocycles. The Morgan fingerprint density at radius 1 is 1.17 bits per heavy atom. The Morgan fingerprint density at radius 3 is 2.60 bits per heavy atom. The lowest BCUT2D eigenvalue weighted by Gasteiger charge is -2.28. The van der Waals surface area contributed by atoms with Crippen molar-refractivity contribution in [1.82, 2.24) is 24.7 Å². The van der Waals surface area contributed by atoms with Crippen molar-refractivity contribution in [1.29, 1.82) is 0 Å². The summed E-state index contributed by atoms with van der Waals surface area (Å²) in [7, 11) is 4.16. The highest BCUT2D eigenvalue weighted by Gasteiger charge is 2.41. The average Bonchev–Trinajstić information content (AvgIpc) is 3.29. The van der Waals surface area contributed by atoms with Gasteiger partial charge in [-0.3, -0.25) is 4.98 Å². The molecule has 1 aliphatic rings. The van der Waals surface area contributed by atoms with Crippen molar-refractivity contribution < 1.29 is 9.90 Å². The molecule has 0 unspecified atom stereocenters. The maximum atomic E-state index is 11.7. The van der Waals surface area contributed by atoms with Crippen molar-refractivity contribution in [2.45, 2.75) is 39.3 Å². The van der Waals surface area contributed by atoms with E-state index in [4.69, 9.17) is 12.2 Å². The van der Waals surface area contributed by atoms with E-state index in [-0.39, 0.29) is 17.6 Å². The summed E-state index contributed by atoms with van der Waals surface area (Å²) in [6, 6.07) is 13.3. The fourth-order valence-corrected chi connectivity index (χ4v) is 5.32. The largest absolute Gasteiger partial charge is 0.478 e. The van der Waals surface area contributed by atoms with Gasteiger partial charge in [0.05, 0.1) is 23.3 Å². The summed E-state index contributed by atoms with van der Waals surface area (Å²) in [5.41, 5.74) is 6.41. The van der Waals surface area contributed by atoms with E-state index in [1.807, 2.05) is 37.4 Å². The van der Waals surface area contributed by atoms with E-state index in [0.29, 0.717) is 0 Å². The molecular weight excluding hydrogens is 458 g/mol. The third-order valence-corrected chi connectivity index (χ3v) is 7.04. The Hall–Kier alpha value is -3.23. The van der Waals surface area contributed by atoms with Gasteiger partial charge in [-0.05, 0) is 102 Å². The monoisotopic (exact) mass is 491 g/mol. The van der Waals surface area contributed by atoms with Crippen LogP contribution in [0.15, 0.2) is 48.7 Å². The van der Waals surface area contributed by atoms with Crippen molar-refractivity contribution in [2.24, 2.45) is 0 Å². The highest BCUT2D eigenvalue weighted by molar-refractivity contribution is 7.80. The molecule has 35 heavy (non-hydrogen) atoms. The van der Waals surface area contributed by atoms with Crippen molar-refractivity contribution in [2.75, 3.05) is 27.2 Å². The maximum Gasteiger partial charge on any atom is 0.335 e. The lowest BCUT2D eigenvalue weighted by molar-refractivity contribution is 0.0697. The molecule has 4 rings (SSSR count). The Morgan fingerprint density at radius 2 is 1.94 bits per heavy atom. The Balaban J connectivity index is 1.81. The third-order valence-electron chi connectivity index (χ3n) is 6.69. The van der Waals surface area contributed by atoms with Gasteiger partial charge in [-0.2, -0.15) is 0 Å². The molecule has 8 heteroatoms. The minimum atomic E-state index is -0.929. The summed E-state index contributed by atoms with van der Waals surface area (Å²) in [4.78, 5) is 20.8. The number of aromatic carboxylic acids is 1. The molecule has 0 bridgehead atoms. The molecule has 3 aromatic rings. The van der Waals surface area contributed by atoms with Crippen LogP contribution in [0.1, 0.15) is 57.1 Å². The normalized spacial score (nSPS) is 17.8. The Bertz CT molecular complexity index is 1240. The van der Waals surface area contributed by atoms with E-state index >= 15 is 0 Å². The fraction of sp³-hybridized carbons (Fsp3) is 0.370. The fourth-order valence-electron chi connectivity index (χ4n) is 4.98. The van der Waals surface area contributed by atoms with Gasteiger partial charge in [-0.15, -0.1) is 0 Å². The van der Waals surface area contributed by atoms with Crippen molar-refractivity contribution >= 4 is 23.3 Å². The molecule has 1 aromatic carbocycles. The van der Waals surface area contributed by atoms with E-state index in [0.717, 1.165) is 58.5 Å². The van der Waals surface area contributed by atoms with Crippen LogP contribution in [-0.4, -0.2) is 62.7 Å². The molecule has 1 aliphatic heterocycles. The lowest BCUT2D eigenvalue weighted by Crippen LogP contribution is -2.32. The van der Waals surface area contributed by atoms with E-state index in [1.54, 1.807) is 12.1 Å². The number of thiocarbonyl (C=S) groups is 1. The van der Waals surface area contributed by atoms with Gasteiger partial charge in [-0.1, -0.05) is 12.1 Å². The molecule has 3 heterocycles. The van der Waals surface area contributed by atoms with Crippen LogP contribution in [0.4, 0.5) is 0 Å². The zero-order valence-electron chi connectivity index (χ0n) is 20.9. The highest BCUT2D eigenvalue weighted by atomic mass is 32.1. The van der Waals surface area contributed by atoms with E-state index < -0.39 is 5.97 Å². The van der Waals surface area contributed by atoms with Gasteiger partial charge in [0.2, 0.25) is 0 Å². The number of pyridine rings is 1. The molecule has 2 N–H and O–H groups in total. The second kappa shape index (κ2) is 10.2. The Labute approximate surface area is 212 Å². The first kappa shape index (κ1) is 24.9. The third kappa shape index (κ3) is 4.94. The van der Waals surface area contributed by atoms with Crippen LogP contribution >= 0.6 is 12.2 Å². The number of benzene rings is 1. The Kier molecular flexibility index (Phi) is 7.23. The number of nitrogens with zero attached hydrogens (tertiary/aromatic N) is 4. The molecule has 2 atom stereocenters. The summed E-state index contributed by atoms with van der Waals surface area (Å²) < 4.78 is 2.16. The number of hydrogen-bond donors (Lipinski definition) is 2. The first-order valence-electron chi connectivity index (χ1n) is 11.8. The van der Waals surface area contributed by atoms with Gasteiger partial charge in [0.15, 0.2) is 5.11 Å². The minimum absolute atomic E-state index is 0.0255. The number of hydrogen-bond acceptors (Lipinski definition) is 4. The molecule has 0 saturated carbocycles. The van der Waals surface area contributed by atoms with Crippen molar-refractivity contribution in [3.8, 4) is 5.69 Å². The summed E-state index contributed by atoms with van der Waals surface area (Å²) in [6.45, 7) is 7.98. The van der Waals surface area contributed by atoms with Crippen LogP contribution in [0.2, 0.25) is 0 Å². The molecule has 0 aliphatic carbocycles. The minimum Gasteiger partial charge on any atom is -0.478 e. The van der Waals surface area contributed by atoms with Gasteiger partial charge in [0.1, 0.15) is 0 Å². The SMILES string of the molecule is Cc1ccc(C(=O)O)cc1-n1c(C)cc([C@H]2[C@@H](c3ccccn3)NC(=S)N2CCCN(C)C)c1C. The smallest absolute Gasteiger partial charge is 0.335 e. The van der Waals surface area contributed by atoms with Gasteiger partial charge >= 0.3 is 5.97 Å². The standard InChI is InChI=1S/C27H33N5O2S/c1-17-10-11-20(26(33)34)16-23(17)32-18(2)15-21(19(32)3)25-24(22-9-6-7-12-28-22)29-27(35)31(25)14-8-13-30(4)5/h6-7,9-12,15-16,24-25H,8,13-14H2,1-5H3,(H,29,35)(H,33,34)/t24-,25+/m1/s1. The summed E-state index contributed by atoms with van der Waals surface area (Å²) >= 11 is 5.82. The summed E-state index contributed by atoms with van der Waals surface area (Å²) in [5, 5.41) is 13.8. The number of rotatable bonds is 8. The second-order valence-electron chi connectivity index (χ2n) is 9.45. The molecule has 2 aromatic heterocycles. The van der Waals surface area contributed by atoms with Crippen LogP contribution in [-0.2, 0) is 0 Å². The highest BCUT2D eigenvalue weighted by Crippen LogP contribution is 2.41. The van der Waals surface area contributed by atoms with E-state index in [9.17, 15) is 9.90 Å². The van der Waals surface area contributed by atoms with Crippen LogP contribution in [0.3, 0.4) is 0 Å². The van der Waals surface area contributed by atoms with Crippen molar-refractivity contribution in [3.63, 3.8) is 0 Å². The maximum absolute atomic E-state index is 11.7. The van der Waals surface area contributed by atoms with Gasteiger partial charge in [-0.25, -0.2) is 4.79 Å². The van der Waals surface area contributed by atoms with Crippen LogP contribution in [0.5, 0.6) is 0 Å². The number of carboxylic acid groups (broad SMARTS) is 1. The number of aryl methyl sites for hydroxylation is 2. The van der Waals surface area contributed by atoms with Crippen LogP contribution in [0.25, 0.3) is 5.69 Å². The average molecular weight is 492 g/mol. The van der Waals surface area contributed by atoms with E-state index in [1.165, 1.54) is 0 Å². The van der Waals surface area contributed by atoms with Crippen LogP contribution in [0, 0.1) is 20.8 Å². The molecule has 0 amide bonds. The molecular formula is C27H33N5O2S. The number of carboxylic acids is 1. The summed E-state index contributed by atoms with van der Waals surface area (Å²) in [6.07, 6.45) is 2.80. The number of aromatic nitrogens is 2. The zero-order chi connectivity index (χ0) is 25.3. The molecule has 7 nitrogen and oxygen atoms in total. The number of carbonyl (C=O) groups is 1. The lowest BCUT2D eigenvalue weighted by atomic mass is 9.96. The van der Waals surface area contributed by atoms with Crippen LogP contribution < -0.4 is 5.32 Å². The molecule has 0 spiro atoms. The predicted molar refractivity (Wildman–Crippen MR) is 142 cm³/mol. The number of nitrogens with one attached hydrogen (secondary N) is 1. The predicted octanol–water partition coefficient (Wildman–Crippen LogP) is 4.42. The van der Waals surface area contributed by atoms with Gasteiger partial charge < -0.3 is 24.8 Å².